The van der Waals surface area contributed by atoms with Crippen molar-refractivity contribution in [3.63, 3.8) is 0 Å². The van der Waals surface area contributed by atoms with E-state index < -0.39 is 6.09 Å². The van der Waals surface area contributed by atoms with E-state index in [-0.39, 0.29) is 22.8 Å². The molecule has 0 bridgehead atoms. The van der Waals surface area contributed by atoms with Crippen molar-refractivity contribution >= 4 is 29.3 Å². The van der Waals surface area contributed by atoms with Crippen LogP contribution in [0.2, 0.25) is 5.02 Å². The number of carbonyl (C=O) groups excluding carboxylic acids is 2. The van der Waals surface area contributed by atoms with Crippen molar-refractivity contribution in [2.75, 3.05) is 31.5 Å². The summed E-state index contributed by atoms with van der Waals surface area (Å²) in [5, 5.41) is 15.7. The molecule has 0 unspecified atom stereocenters. The van der Waals surface area contributed by atoms with Crippen molar-refractivity contribution in [2.24, 2.45) is 0 Å². The first-order valence-corrected chi connectivity index (χ1v) is 15.0. The monoisotopic (exact) mass is 597 g/mol. The van der Waals surface area contributed by atoms with Gasteiger partial charge in [0.2, 0.25) is 0 Å². The zero-order valence-electron chi connectivity index (χ0n) is 24.0. The number of phenols is 1. The number of halogens is 1. The lowest BCUT2D eigenvalue weighted by Gasteiger charge is -2.31. The second-order valence-electron chi connectivity index (χ2n) is 10.7. The van der Waals surface area contributed by atoms with E-state index in [1.54, 1.807) is 6.07 Å². The predicted molar refractivity (Wildman–Crippen MR) is 171 cm³/mol. The molecule has 1 saturated heterocycles. The molecule has 7 nitrogen and oxygen atoms in total. The lowest BCUT2D eigenvalue weighted by atomic mass is 10.0. The molecule has 0 radical (unpaired) electrons. The van der Waals surface area contributed by atoms with E-state index in [1.807, 2.05) is 54.6 Å². The predicted octanol–water partition coefficient (Wildman–Crippen LogP) is 6.94. The zero-order chi connectivity index (χ0) is 30.0. The fraction of sp³-hybridized carbons (Fsp3) is 0.257. The van der Waals surface area contributed by atoms with E-state index in [1.165, 1.54) is 17.7 Å². The van der Waals surface area contributed by atoms with E-state index in [9.17, 15) is 14.7 Å². The first-order chi connectivity index (χ1) is 20.9. The van der Waals surface area contributed by atoms with Gasteiger partial charge in [-0.05, 0) is 66.6 Å². The van der Waals surface area contributed by atoms with Gasteiger partial charge in [0.1, 0.15) is 11.9 Å². The number of rotatable bonds is 10. The van der Waals surface area contributed by atoms with E-state index in [4.69, 9.17) is 16.3 Å². The highest BCUT2D eigenvalue weighted by Crippen LogP contribution is 2.28. The Morgan fingerprint density at radius 2 is 1.53 bits per heavy atom. The molecule has 1 aliphatic heterocycles. The highest BCUT2D eigenvalue weighted by Gasteiger charge is 2.22. The molecule has 0 aromatic heterocycles. The number of likely N-dealkylation sites (tertiary alicyclic amines) is 1. The number of amides is 2. The molecule has 0 saturated carbocycles. The smallest absolute Gasteiger partial charge is 0.411 e. The van der Waals surface area contributed by atoms with Crippen molar-refractivity contribution in [1.29, 1.82) is 0 Å². The van der Waals surface area contributed by atoms with Crippen LogP contribution in [0.1, 0.15) is 34.3 Å². The van der Waals surface area contributed by atoms with Gasteiger partial charge >= 0.3 is 6.09 Å². The number of hydrogen-bond donors (Lipinski definition) is 3. The highest BCUT2D eigenvalue weighted by atomic mass is 35.5. The Hall–Kier alpha value is -4.33. The maximum Gasteiger partial charge on any atom is 0.411 e. The number of ether oxygens (including phenoxy) is 1. The Balaban J connectivity index is 1.00. The molecule has 222 valence electrons. The molecule has 4 aromatic carbocycles. The molecule has 2 amide bonds. The largest absolute Gasteiger partial charge is 0.506 e. The van der Waals surface area contributed by atoms with Gasteiger partial charge in [-0.3, -0.25) is 10.1 Å². The highest BCUT2D eigenvalue weighted by molar-refractivity contribution is 6.32. The molecule has 1 fully saturated rings. The summed E-state index contributed by atoms with van der Waals surface area (Å²) in [7, 11) is 0. The van der Waals surface area contributed by atoms with Crippen LogP contribution in [0.3, 0.4) is 0 Å². The number of aromatic hydroxyl groups is 1. The minimum atomic E-state index is -0.411. The summed E-state index contributed by atoms with van der Waals surface area (Å²) in [6.07, 6.45) is 2.78. The molecule has 4 aromatic rings. The number of nitrogens with one attached hydrogen (secondary N) is 2. The Bertz CT molecular complexity index is 1520. The maximum absolute atomic E-state index is 12.7. The van der Waals surface area contributed by atoms with Crippen molar-refractivity contribution < 1.29 is 19.4 Å². The van der Waals surface area contributed by atoms with E-state index >= 15 is 0 Å². The van der Waals surface area contributed by atoms with Gasteiger partial charge < -0.3 is 20.1 Å². The molecule has 1 aliphatic rings. The molecule has 0 spiro atoms. The van der Waals surface area contributed by atoms with Gasteiger partial charge in [-0.1, -0.05) is 84.4 Å². The molecule has 0 atom stereocenters. The summed E-state index contributed by atoms with van der Waals surface area (Å²) in [5.41, 5.74) is 5.53. The van der Waals surface area contributed by atoms with Gasteiger partial charge in [-0.25, -0.2) is 4.79 Å². The number of phenolic OH excluding ortho intramolecular Hbond substituents is 1. The molecule has 0 aliphatic carbocycles. The number of hydrogen-bond acceptors (Lipinski definition) is 5. The second-order valence-corrected chi connectivity index (χ2v) is 11.1. The van der Waals surface area contributed by atoms with Crippen LogP contribution in [0.5, 0.6) is 5.75 Å². The Labute approximate surface area is 257 Å². The zero-order valence-corrected chi connectivity index (χ0v) is 24.7. The van der Waals surface area contributed by atoms with Crippen molar-refractivity contribution in [3.05, 3.63) is 119 Å². The van der Waals surface area contributed by atoms with Gasteiger partial charge in [0.05, 0.1) is 10.7 Å². The third kappa shape index (κ3) is 8.60. The fourth-order valence-corrected chi connectivity index (χ4v) is 5.36. The molecular weight excluding hydrogens is 562 g/mol. The minimum absolute atomic E-state index is 0.0923. The van der Waals surface area contributed by atoms with Gasteiger partial charge in [-0.15, -0.1) is 0 Å². The molecular formula is C35H36ClN3O4. The fourth-order valence-electron chi connectivity index (χ4n) is 5.24. The van der Waals surface area contributed by atoms with Crippen LogP contribution in [0.25, 0.3) is 11.1 Å². The second kappa shape index (κ2) is 14.7. The van der Waals surface area contributed by atoms with E-state index in [2.05, 4.69) is 39.8 Å². The SMILES string of the molecule is O=C(Nc1ccccc1-c1ccccc1)OC1CCN(CCc2ccc(CCNC(=O)c3ccc(Cl)c(O)c3)cc2)CC1. The van der Waals surface area contributed by atoms with E-state index in [0.29, 0.717) is 18.5 Å². The molecule has 5 rings (SSSR count). The number of benzene rings is 4. The molecule has 1 heterocycles. The van der Waals surface area contributed by atoms with Crippen LogP contribution in [0.4, 0.5) is 10.5 Å². The first-order valence-electron chi connectivity index (χ1n) is 14.6. The summed E-state index contributed by atoms with van der Waals surface area (Å²) in [6.45, 7) is 3.23. The summed E-state index contributed by atoms with van der Waals surface area (Å²) in [6, 6.07) is 30.7. The first kappa shape index (κ1) is 30.1. The number of carbonyl (C=O) groups is 2. The Morgan fingerprint density at radius 1 is 0.860 bits per heavy atom. The third-order valence-corrected chi connectivity index (χ3v) is 8.02. The van der Waals surface area contributed by atoms with Crippen LogP contribution in [0, 0.1) is 0 Å². The summed E-state index contributed by atoms with van der Waals surface area (Å²) >= 11 is 5.81. The molecule has 8 heteroatoms. The van der Waals surface area contributed by atoms with Gasteiger partial charge in [0.15, 0.2) is 0 Å². The van der Waals surface area contributed by atoms with Crippen molar-refractivity contribution in [2.45, 2.75) is 31.8 Å². The third-order valence-electron chi connectivity index (χ3n) is 7.70. The molecule has 3 N–H and O–H groups in total. The van der Waals surface area contributed by atoms with Crippen LogP contribution in [-0.4, -0.2) is 54.3 Å². The van der Waals surface area contributed by atoms with Crippen molar-refractivity contribution in [1.82, 2.24) is 10.2 Å². The quantitative estimate of drug-likeness (QED) is 0.184. The van der Waals surface area contributed by atoms with Gasteiger partial charge in [-0.2, -0.15) is 0 Å². The van der Waals surface area contributed by atoms with Crippen LogP contribution in [-0.2, 0) is 17.6 Å². The van der Waals surface area contributed by atoms with Gasteiger partial charge in [0, 0.05) is 37.3 Å². The number of nitrogens with zero attached hydrogens (tertiary/aromatic N) is 1. The van der Waals surface area contributed by atoms with E-state index in [0.717, 1.165) is 61.3 Å². The number of para-hydroxylation sites is 1. The Kier molecular flexibility index (Phi) is 10.3. The average molecular weight is 598 g/mol. The molecule has 43 heavy (non-hydrogen) atoms. The maximum atomic E-state index is 12.7. The lowest BCUT2D eigenvalue weighted by molar-refractivity contribution is 0.0593. The van der Waals surface area contributed by atoms with Crippen LogP contribution in [0.15, 0.2) is 97.1 Å². The topological polar surface area (TPSA) is 90.9 Å². The lowest BCUT2D eigenvalue weighted by Crippen LogP contribution is -2.39. The number of anilines is 1. The van der Waals surface area contributed by atoms with Crippen molar-refractivity contribution in [3.8, 4) is 16.9 Å². The summed E-state index contributed by atoms with van der Waals surface area (Å²) < 4.78 is 5.77. The standard InChI is InChI=1S/C35H36ClN3O4/c36-31-15-14-28(24-33(31)40)34(41)37-20-16-25-10-12-26(13-11-25)17-21-39-22-18-29(19-23-39)43-35(42)38-32-9-5-4-8-30(32)27-6-2-1-3-7-27/h1-15,24,29,40H,16-23H2,(H,37,41)(H,38,42). The normalized spacial score (nSPS) is 13.8. The summed E-state index contributed by atoms with van der Waals surface area (Å²) in [4.78, 5) is 27.4. The number of piperidine rings is 1. The van der Waals surface area contributed by atoms with Crippen LogP contribution < -0.4 is 10.6 Å². The van der Waals surface area contributed by atoms with Crippen LogP contribution >= 0.6 is 11.6 Å². The average Bonchev–Trinajstić information content (AvgIpc) is 3.03. The Morgan fingerprint density at radius 3 is 2.26 bits per heavy atom. The minimum Gasteiger partial charge on any atom is -0.506 e. The van der Waals surface area contributed by atoms with Gasteiger partial charge in [0.25, 0.3) is 5.91 Å². The summed E-state index contributed by atoms with van der Waals surface area (Å²) in [5.74, 6) is -0.349.